The second kappa shape index (κ2) is 5.63. The number of benzene rings is 2. The average molecular weight is 387 g/mol. The van der Waals surface area contributed by atoms with E-state index in [-0.39, 0.29) is 9.92 Å². The number of nitrogens with one attached hydrogen (secondary N) is 1. The van der Waals surface area contributed by atoms with Gasteiger partial charge in [-0.2, -0.15) is 0 Å². The van der Waals surface area contributed by atoms with Crippen molar-refractivity contribution in [3.05, 3.63) is 57.0 Å². The van der Waals surface area contributed by atoms with E-state index in [1.165, 1.54) is 17.2 Å². The van der Waals surface area contributed by atoms with E-state index in [0.29, 0.717) is 5.69 Å². The van der Waals surface area contributed by atoms with E-state index in [2.05, 4.69) is 20.7 Å². The van der Waals surface area contributed by atoms with Crippen LogP contribution >= 0.6 is 27.5 Å². The summed E-state index contributed by atoms with van der Waals surface area (Å²) in [5.41, 5.74) is 3.10. The Hall–Kier alpha value is -1.04. The quantitative estimate of drug-likeness (QED) is 0.850. The van der Waals surface area contributed by atoms with E-state index in [9.17, 15) is 8.42 Å². The van der Waals surface area contributed by atoms with E-state index < -0.39 is 10.0 Å². The van der Waals surface area contributed by atoms with Gasteiger partial charge < -0.3 is 0 Å². The second-order valence-corrected chi connectivity index (χ2v) is 7.99. The first kappa shape index (κ1) is 14.9. The maximum Gasteiger partial charge on any atom is 0.263 e. The molecule has 0 atom stereocenters. The summed E-state index contributed by atoms with van der Waals surface area (Å²) in [7, 11) is -3.68. The molecule has 0 saturated carbocycles. The molecule has 0 fully saturated rings. The van der Waals surface area contributed by atoms with E-state index in [1.807, 2.05) is 12.1 Å². The molecular weight excluding hydrogens is 374 g/mol. The standard InChI is InChI=1S/C15H13BrClNO2S/c16-12-5-7-15(14(17)9-12)21(19,20)18-13-6-4-10-2-1-3-11(10)8-13/h4-9,18H,1-3H2. The number of aryl methyl sites for hydroxylation is 2. The summed E-state index contributed by atoms with van der Waals surface area (Å²) >= 11 is 9.29. The van der Waals surface area contributed by atoms with Gasteiger partial charge in [0.2, 0.25) is 0 Å². The first-order chi connectivity index (χ1) is 9.95. The maximum atomic E-state index is 12.4. The topological polar surface area (TPSA) is 46.2 Å². The number of rotatable bonds is 3. The van der Waals surface area contributed by atoms with Gasteiger partial charge in [0.05, 0.1) is 5.02 Å². The molecule has 3 nitrogen and oxygen atoms in total. The highest BCUT2D eigenvalue weighted by Crippen LogP contribution is 2.29. The summed E-state index contributed by atoms with van der Waals surface area (Å²) in [6.45, 7) is 0. The molecule has 2 aromatic carbocycles. The molecular formula is C15H13BrClNO2S. The fourth-order valence-electron chi connectivity index (χ4n) is 2.54. The molecule has 6 heteroatoms. The predicted octanol–water partition coefficient (Wildman–Crippen LogP) is 4.39. The van der Waals surface area contributed by atoms with Crippen molar-refractivity contribution in [2.45, 2.75) is 24.2 Å². The molecule has 21 heavy (non-hydrogen) atoms. The lowest BCUT2D eigenvalue weighted by Crippen LogP contribution is -2.13. The third-order valence-corrected chi connectivity index (χ3v) is 5.89. The Labute approximate surface area is 137 Å². The number of sulfonamides is 1. The van der Waals surface area contributed by atoms with Crippen LogP contribution in [0.2, 0.25) is 5.02 Å². The lowest BCUT2D eigenvalue weighted by molar-refractivity contribution is 0.601. The summed E-state index contributed by atoms with van der Waals surface area (Å²) < 4.78 is 28.2. The van der Waals surface area contributed by atoms with Crippen LogP contribution in [0.1, 0.15) is 17.5 Å². The molecule has 1 aliphatic carbocycles. The highest BCUT2D eigenvalue weighted by molar-refractivity contribution is 9.10. The molecule has 1 aliphatic rings. The molecule has 0 amide bonds. The smallest absolute Gasteiger partial charge is 0.263 e. The van der Waals surface area contributed by atoms with Gasteiger partial charge in [0.15, 0.2) is 0 Å². The largest absolute Gasteiger partial charge is 0.280 e. The number of fused-ring (bicyclic) bond motifs is 1. The van der Waals surface area contributed by atoms with Crippen LogP contribution in [0, 0.1) is 0 Å². The minimum atomic E-state index is -3.68. The molecule has 0 heterocycles. The zero-order valence-electron chi connectivity index (χ0n) is 11.1. The van der Waals surface area contributed by atoms with Crippen LogP contribution in [-0.2, 0) is 22.9 Å². The summed E-state index contributed by atoms with van der Waals surface area (Å²) in [5, 5.41) is 0.193. The van der Waals surface area contributed by atoms with Gasteiger partial charge in [-0.15, -0.1) is 0 Å². The van der Waals surface area contributed by atoms with Crippen molar-refractivity contribution in [1.29, 1.82) is 0 Å². The van der Waals surface area contributed by atoms with Gasteiger partial charge in [-0.25, -0.2) is 8.42 Å². The third kappa shape index (κ3) is 3.10. The Morgan fingerprint density at radius 1 is 1.05 bits per heavy atom. The SMILES string of the molecule is O=S(=O)(Nc1ccc2c(c1)CCC2)c1ccc(Br)cc1Cl. The van der Waals surface area contributed by atoms with E-state index in [4.69, 9.17) is 11.6 Å². The van der Waals surface area contributed by atoms with Crippen molar-refractivity contribution in [2.75, 3.05) is 4.72 Å². The lowest BCUT2D eigenvalue weighted by atomic mass is 10.1. The molecule has 1 N–H and O–H groups in total. The Morgan fingerprint density at radius 3 is 2.57 bits per heavy atom. The first-order valence-electron chi connectivity index (χ1n) is 6.55. The van der Waals surface area contributed by atoms with E-state index in [1.54, 1.807) is 18.2 Å². The number of halogens is 2. The van der Waals surface area contributed by atoms with Crippen molar-refractivity contribution in [1.82, 2.24) is 0 Å². The highest BCUT2D eigenvalue weighted by atomic mass is 79.9. The summed E-state index contributed by atoms with van der Waals surface area (Å²) in [6, 6.07) is 10.4. The van der Waals surface area contributed by atoms with Crippen LogP contribution in [0.4, 0.5) is 5.69 Å². The fourth-order valence-corrected chi connectivity index (χ4v) is 4.63. The van der Waals surface area contributed by atoms with Gasteiger partial charge in [0, 0.05) is 10.2 Å². The van der Waals surface area contributed by atoms with Crippen LogP contribution in [0.25, 0.3) is 0 Å². The average Bonchev–Trinajstić information content (AvgIpc) is 2.85. The van der Waals surface area contributed by atoms with E-state index >= 15 is 0 Å². The van der Waals surface area contributed by atoms with Gasteiger partial charge in [-0.3, -0.25) is 4.72 Å². The van der Waals surface area contributed by atoms with Crippen LogP contribution in [0.3, 0.4) is 0 Å². The molecule has 0 aliphatic heterocycles. The summed E-state index contributed by atoms with van der Waals surface area (Å²) in [4.78, 5) is 0.0767. The minimum Gasteiger partial charge on any atom is -0.280 e. The van der Waals surface area contributed by atoms with Crippen LogP contribution in [0.5, 0.6) is 0 Å². The molecule has 0 spiro atoms. The van der Waals surface area contributed by atoms with Gasteiger partial charge >= 0.3 is 0 Å². The molecule has 0 aromatic heterocycles. The number of hydrogen-bond donors (Lipinski definition) is 1. The van der Waals surface area contributed by atoms with Gasteiger partial charge in [0.25, 0.3) is 10.0 Å². The number of anilines is 1. The monoisotopic (exact) mass is 385 g/mol. The first-order valence-corrected chi connectivity index (χ1v) is 9.21. The van der Waals surface area contributed by atoms with Crippen LogP contribution in [-0.4, -0.2) is 8.42 Å². The summed E-state index contributed by atoms with van der Waals surface area (Å²) in [5.74, 6) is 0. The Balaban J connectivity index is 1.92. The molecule has 2 aromatic rings. The zero-order valence-corrected chi connectivity index (χ0v) is 14.2. The molecule has 110 valence electrons. The molecule has 3 rings (SSSR count). The Morgan fingerprint density at radius 2 is 1.81 bits per heavy atom. The van der Waals surface area contributed by atoms with Crippen molar-refractivity contribution in [3.63, 3.8) is 0 Å². The van der Waals surface area contributed by atoms with Gasteiger partial charge in [-0.1, -0.05) is 33.6 Å². The van der Waals surface area contributed by atoms with Gasteiger partial charge in [-0.05, 0) is 60.7 Å². The molecule has 0 radical (unpaired) electrons. The van der Waals surface area contributed by atoms with Crippen molar-refractivity contribution in [2.24, 2.45) is 0 Å². The molecule has 0 bridgehead atoms. The van der Waals surface area contributed by atoms with E-state index in [0.717, 1.165) is 23.7 Å². The highest BCUT2D eigenvalue weighted by Gasteiger charge is 2.19. The van der Waals surface area contributed by atoms with Gasteiger partial charge in [0.1, 0.15) is 4.90 Å². The Kier molecular flexibility index (Phi) is 3.99. The van der Waals surface area contributed by atoms with Crippen molar-refractivity contribution >= 4 is 43.2 Å². The van der Waals surface area contributed by atoms with Crippen LogP contribution in [0.15, 0.2) is 45.8 Å². The summed E-state index contributed by atoms with van der Waals surface area (Å²) in [6.07, 6.45) is 3.20. The molecule has 0 unspecified atom stereocenters. The molecule has 0 saturated heterocycles. The van der Waals surface area contributed by atoms with Crippen LogP contribution < -0.4 is 4.72 Å². The predicted molar refractivity (Wildman–Crippen MR) is 88.4 cm³/mol. The lowest BCUT2D eigenvalue weighted by Gasteiger charge is -2.11. The maximum absolute atomic E-state index is 12.4. The van der Waals surface area contributed by atoms with Crippen molar-refractivity contribution in [3.8, 4) is 0 Å². The Bertz CT molecular complexity index is 805. The fraction of sp³-hybridized carbons (Fsp3) is 0.200. The minimum absolute atomic E-state index is 0.0767. The van der Waals surface area contributed by atoms with Crippen molar-refractivity contribution < 1.29 is 8.42 Å². The normalized spacial score (nSPS) is 14.0. The third-order valence-electron chi connectivity index (χ3n) is 3.53. The zero-order chi connectivity index (χ0) is 15.0. The second-order valence-electron chi connectivity index (χ2n) is 5.02. The number of hydrogen-bond acceptors (Lipinski definition) is 2.